The maximum absolute atomic E-state index is 11.4. The van der Waals surface area contributed by atoms with Crippen molar-refractivity contribution in [2.45, 2.75) is 19.4 Å². The molecule has 1 unspecified atom stereocenters. The lowest BCUT2D eigenvalue weighted by Gasteiger charge is -2.11. The lowest BCUT2D eigenvalue weighted by atomic mass is 10.2. The van der Waals surface area contributed by atoms with Gasteiger partial charge in [-0.25, -0.2) is 18.4 Å². The van der Waals surface area contributed by atoms with Crippen LogP contribution < -0.4 is 5.32 Å². The van der Waals surface area contributed by atoms with Crippen LogP contribution in [-0.4, -0.2) is 40.9 Å². The summed E-state index contributed by atoms with van der Waals surface area (Å²) >= 11 is 0. The van der Waals surface area contributed by atoms with E-state index >= 15 is 0 Å². The molecule has 2 N–H and O–H groups in total. The Hall–Kier alpha value is -1.63. The number of fused-ring (bicyclic) bond motifs is 1. The molecule has 7 heteroatoms. The summed E-state index contributed by atoms with van der Waals surface area (Å²) in [6.07, 6.45) is 2.11. The zero-order valence-electron chi connectivity index (χ0n) is 9.97. The van der Waals surface area contributed by atoms with Crippen LogP contribution in [0.15, 0.2) is 12.4 Å². The minimum atomic E-state index is -2.88. The predicted molar refractivity (Wildman–Crippen MR) is 69.3 cm³/mol. The Labute approximate surface area is 105 Å². The van der Waals surface area contributed by atoms with Crippen molar-refractivity contribution in [1.29, 1.82) is 0 Å². The zero-order chi connectivity index (χ0) is 12.8. The number of H-pyrrole nitrogens is 1. The number of nitrogens with one attached hydrogen (secondary N) is 2. The number of aryl methyl sites for hydroxylation is 1. The monoisotopic (exact) mass is 266 g/mol. The molecule has 96 valence electrons. The van der Waals surface area contributed by atoms with Crippen LogP contribution in [0.25, 0.3) is 11.0 Å². The number of hydrogen-bond donors (Lipinski definition) is 2. The predicted octanol–water partition coefficient (Wildman–Crippen LogP) is 0.865. The van der Waals surface area contributed by atoms with Crippen LogP contribution in [0.2, 0.25) is 0 Å². The van der Waals surface area contributed by atoms with Crippen LogP contribution in [0.5, 0.6) is 0 Å². The fourth-order valence-electron chi connectivity index (χ4n) is 2.29. The van der Waals surface area contributed by atoms with Crippen molar-refractivity contribution in [3.8, 4) is 0 Å². The van der Waals surface area contributed by atoms with Crippen LogP contribution in [0.3, 0.4) is 0 Å². The zero-order valence-corrected chi connectivity index (χ0v) is 10.8. The van der Waals surface area contributed by atoms with E-state index in [1.54, 1.807) is 0 Å². The SMILES string of the molecule is Cc1cc2c(NC3CCS(=O)(=O)C3)ncnc2[nH]1. The molecule has 18 heavy (non-hydrogen) atoms. The Bertz CT molecular complexity index is 692. The van der Waals surface area contributed by atoms with Gasteiger partial charge in [0.25, 0.3) is 0 Å². The summed E-state index contributed by atoms with van der Waals surface area (Å²) in [7, 11) is -2.88. The third-order valence-electron chi connectivity index (χ3n) is 3.13. The van der Waals surface area contributed by atoms with E-state index in [1.165, 1.54) is 6.33 Å². The second-order valence-corrected chi connectivity index (χ2v) is 6.91. The molecule has 0 aliphatic carbocycles. The smallest absolute Gasteiger partial charge is 0.152 e. The first kappa shape index (κ1) is 11.5. The van der Waals surface area contributed by atoms with E-state index in [9.17, 15) is 8.42 Å². The molecule has 1 aliphatic heterocycles. The molecule has 0 saturated carbocycles. The number of aromatic amines is 1. The molecule has 3 heterocycles. The molecule has 0 amide bonds. The molecule has 1 fully saturated rings. The van der Waals surface area contributed by atoms with Crippen molar-refractivity contribution in [2.75, 3.05) is 16.8 Å². The molecule has 0 spiro atoms. The lowest BCUT2D eigenvalue weighted by Crippen LogP contribution is -2.21. The highest BCUT2D eigenvalue weighted by atomic mass is 32.2. The number of hydrogen-bond acceptors (Lipinski definition) is 5. The van der Waals surface area contributed by atoms with Gasteiger partial charge < -0.3 is 10.3 Å². The van der Waals surface area contributed by atoms with Gasteiger partial charge in [-0.05, 0) is 19.4 Å². The molecule has 1 aliphatic rings. The van der Waals surface area contributed by atoms with E-state index in [0.29, 0.717) is 12.2 Å². The van der Waals surface area contributed by atoms with Gasteiger partial charge in [-0.3, -0.25) is 0 Å². The highest BCUT2D eigenvalue weighted by molar-refractivity contribution is 7.91. The van der Waals surface area contributed by atoms with Gasteiger partial charge in [0.15, 0.2) is 9.84 Å². The van der Waals surface area contributed by atoms with E-state index in [0.717, 1.165) is 16.7 Å². The van der Waals surface area contributed by atoms with Crippen LogP contribution in [0.1, 0.15) is 12.1 Å². The third-order valence-corrected chi connectivity index (χ3v) is 4.90. The molecule has 2 aromatic rings. The number of aromatic nitrogens is 3. The third kappa shape index (κ3) is 2.05. The molecule has 6 nitrogen and oxygen atoms in total. The van der Waals surface area contributed by atoms with Gasteiger partial charge in [0, 0.05) is 11.7 Å². The highest BCUT2D eigenvalue weighted by Crippen LogP contribution is 2.23. The first-order chi connectivity index (χ1) is 8.53. The minimum absolute atomic E-state index is 0.0525. The summed E-state index contributed by atoms with van der Waals surface area (Å²) in [5.41, 5.74) is 1.78. The molecule has 0 radical (unpaired) electrons. The van der Waals surface area contributed by atoms with Crippen molar-refractivity contribution >= 4 is 26.7 Å². The molecular formula is C11H14N4O2S. The van der Waals surface area contributed by atoms with Crippen molar-refractivity contribution in [1.82, 2.24) is 15.0 Å². The summed E-state index contributed by atoms with van der Waals surface area (Å²) in [5.74, 6) is 1.14. The fourth-order valence-corrected chi connectivity index (χ4v) is 3.96. The number of nitrogens with zero attached hydrogens (tertiary/aromatic N) is 2. The number of rotatable bonds is 2. The number of sulfone groups is 1. The second kappa shape index (κ2) is 3.94. The Kier molecular flexibility index (Phi) is 2.51. The Morgan fingerprint density at radius 1 is 1.44 bits per heavy atom. The van der Waals surface area contributed by atoms with E-state index in [4.69, 9.17) is 0 Å². The summed E-state index contributed by atoms with van der Waals surface area (Å²) in [4.78, 5) is 11.5. The van der Waals surface area contributed by atoms with Crippen LogP contribution in [-0.2, 0) is 9.84 Å². The second-order valence-electron chi connectivity index (χ2n) is 4.68. The van der Waals surface area contributed by atoms with Gasteiger partial charge in [-0.2, -0.15) is 0 Å². The summed E-state index contributed by atoms with van der Waals surface area (Å²) < 4.78 is 22.8. The molecule has 3 rings (SSSR count). The lowest BCUT2D eigenvalue weighted by molar-refractivity contribution is 0.602. The maximum Gasteiger partial charge on any atom is 0.152 e. The molecule has 1 saturated heterocycles. The highest BCUT2D eigenvalue weighted by Gasteiger charge is 2.28. The first-order valence-electron chi connectivity index (χ1n) is 5.81. The Balaban J connectivity index is 1.91. The summed E-state index contributed by atoms with van der Waals surface area (Å²) in [6.45, 7) is 1.95. The van der Waals surface area contributed by atoms with Crippen molar-refractivity contribution in [3.63, 3.8) is 0 Å². The average molecular weight is 266 g/mol. The Morgan fingerprint density at radius 2 is 2.28 bits per heavy atom. The fraction of sp³-hybridized carbons (Fsp3) is 0.455. The van der Waals surface area contributed by atoms with E-state index in [1.807, 2.05) is 13.0 Å². The van der Waals surface area contributed by atoms with E-state index in [2.05, 4.69) is 20.3 Å². The van der Waals surface area contributed by atoms with Gasteiger partial charge in [0.2, 0.25) is 0 Å². The summed E-state index contributed by atoms with van der Waals surface area (Å²) in [6, 6.07) is 1.91. The largest absolute Gasteiger partial charge is 0.366 e. The number of anilines is 1. The van der Waals surface area contributed by atoms with Gasteiger partial charge in [-0.1, -0.05) is 0 Å². The summed E-state index contributed by atoms with van der Waals surface area (Å²) in [5, 5.41) is 4.10. The van der Waals surface area contributed by atoms with Gasteiger partial charge in [0.05, 0.1) is 16.9 Å². The minimum Gasteiger partial charge on any atom is -0.366 e. The van der Waals surface area contributed by atoms with Crippen LogP contribution >= 0.6 is 0 Å². The topological polar surface area (TPSA) is 87.7 Å². The molecule has 0 bridgehead atoms. The van der Waals surface area contributed by atoms with Crippen molar-refractivity contribution in [2.24, 2.45) is 0 Å². The van der Waals surface area contributed by atoms with Crippen LogP contribution in [0.4, 0.5) is 5.82 Å². The quantitative estimate of drug-likeness (QED) is 0.842. The normalized spacial score (nSPS) is 22.4. The first-order valence-corrected chi connectivity index (χ1v) is 7.63. The maximum atomic E-state index is 11.4. The van der Waals surface area contributed by atoms with Crippen LogP contribution in [0, 0.1) is 6.92 Å². The molecule has 1 atom stereocenters. The van der Waals surface area contributed by atoms with Gasteiger partial charge in [0.1, 0.15) is 17.8 Å². The standard InChI is InChI=1S/C11H14N4O2S/c1-7-4-9-10(14-7)12-6-13-11(9)15-8-2-3-18(16,17)5-8/h4,6,8H,2-3,5H2,1H3,(H2,12,13,14,15). The van der Waals surface area contributed by atoms with Crippen molar-refractivity contribution in [3.05, 3.63) is 18.1 Å². The molecular weight excluding hydrogens is 252 g/mol. The van der Waals surface area contributed by atoms with Gasteiger partial charge >= 0.3 is 0 Å². The van der Waals surface area contributed by atoms with Gasteiger partial charge in [-0.15, -0.1) is 0 Å². The van der Waals surface area contributed by atoms with E-state index < -0.39 is 9.84 Å². The molecule has 2 aromatic heterocycles. The molecule has 0 aromatic carbocycles. The Morgan fingerprint density at radius 3 is 3.00 bits per heavy atom. The van der Waals surface area contributed by atoms with E-state index in [-0.39, 0.29) is 17.5 Å². The van der Waals surface area contributed by atoms with Crippen molar-refractivity contribution < 1.29 is 8.42 Å². The average Bonchev–Trinajstić information content (AvgIpc) is 2.81.